The van der Waals surface area contributed by atoms with Crippen molar-refractivity contribution >= 4 is 15.5 Å². The first-order chi connectivity index (χ1) is 8.91. The highest BCUT2D eigenvalue weighted by Crippen LogP contribution is 2.20. The van der Waals surface area contributed by atoms with Crippen molar-refractivity contribution in [3.05, 3.63) is 29.8 Å². The van der Waals surface area contributed by atoms with Gasteiger partial charge in [0.05, 0.1) is 23.7 Å². The van der Waals surface area contributed by atoms with Crippen LogP contribution >= 0.6 is 0 Å². The van der Waals surface area contributed by atoms with Gasteiger partial charge in [0.25, 0.3) is 0 Å². The first kappa shape index (κ1) is 14.3. The minimum absolute atomic E-state index is 0.0387. The van der Waals surface area contributed by atoms with Gasteiger partial charge in [-0.05, 0) is 24.2 Å². The zero-order valence-electron chi connectivity index (χ0n) is 11.0. The monoisotopic (exact) mass is 284 g/mol. The van der Waals surface area contributed by atoms with Gasteiger partial charge in [-0.15, -0.1) is 0 Å². The summed E-state index contributed by atoms with van der Waals surface area (Å²) >= 11 is 0. The number of nitrogen functional groups attached to an aromatic ring is 1. The number of hydrogen-bond donors (Lipinski definition) is 2. The molecular weight excluding hydrogens is 264 g/mol. The summed E-state index contributed by atoms with van der Waals surface area (Å²) in [5.41, 5.74) is 7.40. The molecule has 2 atom stereocenters. The molecule has 0 aromatic heterocycles. The molecule has 1 fully saturated rings. The molecule has 0 bridgehead atoms. The molecule has 1 aromatic carbocycles. The smallest absolute Gasteiger partial charge is 0.154 e. The lowest BCUT2D eigenvalue weighted by molar-refractivity contribution is 0.0819. The summed E-state index contributed by atoms with van der Waals surface area (Å²) in [6, 6.07) is 7.19. The number of aliphatic hydroxyl groups is 1. The highest BCUT2D eigenvalue weighted by atomic mass is 32.2. The van der Waals surface area contributed by atoms with E-state index in [0.717, 1.165) is 5.56 Å². The van der Waals surface area contributed by atoms with Crippen LogP contribution in [0.4, 0.5) is 5.69 Å². The standard InChI is InChI=1S/C13H20N2O3S/c1-2-15(7-10-3-5-11(14)6-4-10)12-8-19(17,18)9-13(12)16/h3-6,12-13,16H,2,7-9,14H2,1H3/t12-,13-/m0/s1. The third-order valence-corrected chi connectivity index (χ3v) is 5.23. The fourth-order valence-corrected chi connectivity index (χ4v) is 4.31. The lowest BCUT2D eigenvalue weighted by Crippen LogP contribution is -2.42. The van der Waals surface area contributed by atoms with Crippen LogP contribution in [0, 0.1) is 0 Å². The van der Waals surface area contributed by atoms with Crippen molar-refractivity contribution in [3.8, 4) is 0 Å². The first-order valence-electron chi connectivity index (χ1n) is 6.38. The molecule has 0 saturated carbocycles. The summed E-state index contributed by atoms with van der Waals surface area (Å²) in [7, 11) is -3.11. The van der Waals surface area contributed by atoms with E-state index in [0.29, 0.717) is 18.8 Å². The quantitative estimate of drug-likeness (QED) is 0.774. The van der Waals surface area contributed by atoms with Crippen molar-refractivity contribution in [1.29, 1.82) is 0 Å². The molecular formula is C13H20N2O3S. The second-order valence-corrected chi connectivity index (χ2v) is 7.17. The molecule has 1 aliphatic rings. The SMILES string of the molecule is CCN(Cc1ccc(N)cc1)[C@H]1CS(=O)(=O)C[C@@H]1O. The van der Waals surface area contributed by atoms with Gasteiger partial charge >= 0.3 is 0 Å². The number of sulfone groups is 1. The van der Waals surface area contributed by atoms with Crippen LogP contribution in [-0.4, -0.2) is 48.6 Å². The van der Waals surface area contributed by atoms with Crippen LogP contribution in [0.15, 0.2) is 24.3 Å². The Morgan fingerprint density at radius 2 is 1.95 bits per heavy atom. The van der Waals surface area contributed by atoms with Gasteiger partial charge in [-0.2, -0.15) is 0 Å². The summed E-state index contributed by atoms with van der Waals surface area (Å²) in [6.07, 6.45) is -0.793. The Labute approximate surface area is 113 Å². The van der Waals surface area contributed by atoms with Gasteiger partial charge in [-0.1, -0.05) is 19.1 Å². The van der Waals surface area contributed by atoms with Crippen molar-refractivity contribution < 1.29 is 13.5 Å². The summed E-state index contributed by atoms with van der Waals surface area (Å²) < 4.78 is 23.1. The number of anilines is 1. The fraction of sp³-hybridized carbons (Fsp3) is 0.538. The normalized spacial score (nSPS) is 25.8. The molecule has 0 spiro atoms. The van der Waals surface area contributed by atoms with Gasteiger partial charge in [-0.25, -0.2) is 8.42 Å². The Kier molecular flexibility index (Phi) is 4.13. The van der Waals surface area contributed by atoms with Gasteiger partial charge in [0.15, 0.2) is 9.84 Å². The van der Waals surface area contributed by atoms with Gasteiger partial charge < -0.3 is 10.8 Å². The Bertz CT molecular complexity index is 527. The lowest BCUT2D eigenvalue weighted by Gasteiger charge is -2.28. The minimum atomic E-state index is -3.11. The van der Waals surface area contributed by atoms with Gasteiger partial charge in [0.2, 0.25) is 0 Å². The summed E-state index contributed by atoms with van der Waals surface area (Å²) in [6.45, 7) is 3.28. The van der Waals surface area contributed by atoms with Crippen molar-refractivity contribution in [2.75, 3.05) is 23.8 Å². The number of likely N-dealkylation sites (N-methyl/N-ethyl adjacent to an activating group) is 1. The van der Waals surface area contributed by atoms with Crippen LogP contribution in [0.25, 0.3) is 0 Å². The molecule has 6 heteroatoms. The molecule has 0 radical (unpaired) electrons. The number of rotatable bonds is 4. The average Bonchev–Trinajstić information content (AvgIpc) is 2.62. The molecule has 3 N–H and O–H groups in total. The van der Waals surface area contributed by atoms with E-state index in [4.69, 9.17) is 5.73 Å². The van der Waals surface area contributed by atoms with E-state index in [1.54, 1.807) is 0 Å². The van der Waals surface area contributed by atoms with Crippen LogP contribution in [0.3, 0.4) is 0 Å². The van der Waals surface area contributed by atoms with Gasteiger partial charge in [0.1, 0.15) is 0 Å². The molecule has 0 unspecified atom stereocenters. The van der Waals surface area contributed by atoms with Crippen molar-refractivity contribution in [2.45, 2.75) is 25.6 Å². The maximum absolute atomic E-state index is 11.6. The molecule has 1 aliphatic heterocycles. The molecule has 1 heterocycles. The van der Waals surface area contributed by atoms with Gasteiger partial charge in [0, 0.05) is 12.2 Å². The summed E-state index contributed by atoms with van der Waals surface area (Å²) in [4.78, 5) is 2.00. The Morgan fingerprint density at radius 1 is 1.32 bits per heavy atom. The number of nitrogens with two attached hydrogens (primary N) is 1. The van der Waals surface area contributed by atoms with Crippen LogP contribution < -0.4 is 5.73 Å². The van der Waals surface area contributed by atoms with E-state index in [9.17, 15) is 13.5 Å². The molecule has 19 heavy (non-hydrogen) atoms. The minimum Gasteiger partial charge on any atom is -0.399 e. The van der Waals surface area contributed by atoms with Crippen LogP contribution in [0.5, 0.6) is 0 Å². The highest BCUT2D eigenvalue weighted by molar-refractivity contribution is 7.91. The third-order valence-electron chi connectivity index (χ3n) is 3.53. The van der Waals surface area contributed by atoms with Crippen LogP contribution in [-0.2, 0) is 16.4 Å². The largest absolute Gasteiger partial charge is 0.399 e. The fourth-order valence-electron chi connectivity index (χ4n) is 2.48. The van der Waals surface area contributed by atoms with Crippen molar-refractivity contribution in [1.82, 2.24) is 4.90 Å². The van der Waals surface area contributed by atoms with E-state index in [-0.39, 0.29) is 17.5 Å². The third kappa shape index (κ3) is 3.46. The van der Waals surface area contributed by atoms with E-state index in [1.165, 1.54) is 0 Å². The molecule has 106 valence electrons. The second kappa shape index (κ2) is 5.48. The highest BCUT2D eigenvalue weighted by Gasteiger charge is 2.39. The average molecular weight is 284 g/mol. The van der Waals surface area contributed by atoms with Crippen LogP contribution in [0.2, 0.25) is 0 Å². The molecule has 1 aromatic rings. The predicted molar refractivity (Wildman–Crippen MR) is 75.4 cm³/mol. The second-order valence-electron chi connectivity index (χ2n) is 5.02. The number of hydrogen-bond acceptors (Lipinski definition) is 5. The summed E-state index contributed by atoms with van der Waals surface area (Å²) in [5.74, 6) is -0.0904. The predicted octanol–water partition coefficient (Wildman–Crippen LogP) is 0.249. The molecule has 0 amide bonds. The van der Waals surface area contributed by atoms with E-state index in [2.05, 4.69) is 0 Å². The van der Waals surface area contributed by atoms with Crippen molar-refractivity contribution in [2.24, 2.45) is 0 Å². The lowest BCUT2D eigenvalue weighted by atomic mass is 10.1. The molecule has 5 nitrogen and oxygen atoms in total. The molecule has 2 rings (SSSR count). The van der Waals surface area contributed by atoms with Crippen molar-refractivity contribution in [3.63, 3.8) is 0 Å². The van der Waals surface area contributed by atoms with E-state index >= 15 is 0 Å². The number of aliphatic hydroxyl groups excluding tert-OH is 1. The zero-order valence-corrected chi connectivity index (χ0v) is 11.8. The Hall–Kier alpha value is -1.11. The molecule has 0 aliphatic carbocycles. The maximum atomic E-state index is 11.6. The number of benzene rings is 1. The zero-order chi connectivity index (χ0) is 14.0. The Balaban J connectivity index is 2.10. The first-order valence-corrected chi connectivity index (χ1v) is 8.20. The summed E-state index contributed by atoms with van der Waals surface area (Å²) in [5, 5.41) is 9.91. The van der Waals surface area contributed by atoms with E-state index in [1.807, 2.05) is 36.1 Å². The van der Waals surface area contributed by atoms with E-state index < -0.39 is 15.9 Å². The van der Waals surface area contributed by atoms with Gasteiger partial charge in [-0.3, -0.25) is 4.90 Å². The number of nitrogens with zero attached hydrogens (tertiary/aromatic N) is 1. The maximum Gasteiger partial charge on any atom is 0.154 e. The van der Waals surface area contributed by atoms with Crippen LogP contribution in [0.1, 0.15) is 12.5 Å². The Morgan fingerprint density at radius 3 is 2.42 bits per heavy atom. The molecule has 1 saturated heterocycles. The topological polar surface area (TPSA) is 83.6 Å².